The van der Waals surface area contributed by atoms with Gasteiger partial charge in [0.15, 0.2) is 11.6 Å². The minimum absolute atomic E-state index is 0.145. The minimum atomic E-state index is -0.996. The fraction of sp³-hybridized carbons (Fsp3) is 0.273. The lowest BCUT2D eigenvalue weighted by Gasteiger charge is -2.35. The topological polar surface area (TPSA) is 83.7 Å². The van der Waals surface area contributed by atoms with Crippen LogP contribution in [0.2, 0.25) is 0 Å². The Labute approximate surface area is 178 Å². The van der Waals surface area contributed by atoms with Crippen LogP contribution in [0.5, 0.6) is 5.75 Å². The maximum absolute atomic E-state index is 13.7. The lowest BCUT2D eigenvalue weighted by Crippen LogP contribution is -2.44. The molecule has 2 heterocycles. The van der Waals surface area contributed by atoms with Crippen molar-refractivity contribution < 1.29 is 18.3 Å². The predicted molar refractivity (Wildman–Crippen MR) is 116 cm³/mol. The van der Waals surface area contributed by atoms with Crippen LogP contribution in [-0.4, -0.2) is 56.1 Å². The number of primary amides is 1. The largest absolute Gasteiger partial charge is 0.495 e. The van der Waals surface area contributed by atoms with E-state index in [1.54, 1.807) is 13.2 Å². The lowest BCUT2D eigenvalue weighted by molar-refractivity contribution is 0.100. The average molecular weight is 427 g/mol. The number of fused-ring (bicyclic) bond motifs is 1. The molecule has 0 radical (unpaired) electrons. The van der Waals surface area contributed by atoms with Crippen LogP contribution in [0.4, 0.5) is 25.8 Å². The van der Waals surface area contributed by atoms with Gasteiger partial charge in [0, 0.05) is 55.6 Å². The third kappa shape index (κ3) is 4.09. The number of nitrogens with zero attached hydrogens (tertiary/aromatic N) is 3. The van der Waals surface area contributed by atoms with Crippen LogP contribution >= 0.6 is 0 Å². The summed E-state index contributed by atoms with van der Waals surface area (Å²) in [6.45, 7) is 3.43. The van der Waals surface area contributed by atoms with Gasteiger partial charge in [-0.15, -0.1) is 0 Å². The molecule has 4 rings (SSSR count). The van der Waals surface area contributed by atoms with Gasteiger partial charge in [-0.3, -0.25) is 9.78 Å². The van der Waals surface area contributed by atoms with E-state index in [-0.39, 0.29) is 11.3 Å². The fourth-order valence-corrected chi connectivity index (χ4v) is 3.71. The maximum Gasteiger partial charge on any atom is 0.252 e. The molecule has 1 saturated heterocycles. The van der Waals surface area contributed by atoms with Crippen LogP contribution in [0.15, 0.2) is 36.5 Å². The zero-order valence-corrected chi connectivity index (χ0v) is 17.3. The number of carbonyl (C=O) groups is 1. The molecule has 1 aliphatic heterocycles. The number of anilines is 3. The average Bonchev–Trinajstić information content (AvgIpc) is 2.76. The number of nitrogens with two attached hydrogens (primary N) is 1. The number of carbonyl (C=O) groups excluding carboxylic acids is 1. The molecule has 1 amide bonds. The van der Waals surface area contributed by atoms with Crippen LogP contribution in [0.25, 0.3) is 10.9 Å². The second-order valence-electron chi connectivity index (χ2n) is 7.50. The molecule has 3 aromatic rings. The van der Waals surface area contributed by atoms with Gasteiger partial charge in [-0.2, -0.15) is 0 Å². The number of nitrogens with one attached hydrogen (secondary N) is 1. The first kappa shape index (κ1) is 20.8. The Kier molecular flexibility index (Phi) is 5.60. The second kappa shape index (κ2) is 8.35. The number of likely N-dealkylation sites (N-methyl/N-ethyl adjacent to an activating group) is 1. The molecule has 3 N–H and O–H groups in total. The highest BCUT2D eigenvalue weighted by atomic mass is 19.2. The third-order valence-corrected chi connectivity index (χ3v) is 5.47. The van der Waals surface area contributed by atoms with Gasteiger partial charge in [-0.25, -0.2) is 8.78 Å². The normalized spacial score (nSPS) is 14.6. The molecule has 0 saturated carbocycles. The molecule has 0 atom stereocenters. The van der Waals surface area contributed by atoms with E-state index in [2.05, 4.69) is 27.1 Å². The summed E-state index contributed by atoms with van der Waals surface area (Å²) >= 11 is 0. The van der Waals surface area contributed by atoms with Gasteiger partial charge in [0.05, 0.1) is 29.6 Å². The van der Waals surface area contributed by atoms with Gasteiger partial charge < -0.3 is 25.6 Å². The summed E-state index contributed by atoms with van der Waals surface area (Å²) in [5, 5.41) is 3.65. The zero-order valence-electron chi connectivity index (χ0n) is 17.3. The zero-order chi connectivity index (χ0) is 22.1. The fourth-order valence-electron chi connectivity index (χ4n) is 3.71. The van der Waals surface area contributed by atoms with Crippen LogP contribution in [0, 0.1) is 11.6 Å². The first-order valence-electron chi connectivity index (χ1n) is 9.83. The summed E-state index contributed by atoms with van der Waals surface area (Å²) in [7, 11) is 3.67. The molecule has 162 valence electrons. The van der Waals surface area contributed by atoms with Crippen molar-refractivity contribution in [1.82, 2.24) is 9.88 Å². The van der Waals surface area contributed by atoms with Crippen molar-refractivity contribution in [2.75, 3.05) is 50.6 Å². The number of amides is 1. The van der Waals surface area contributed by atoms with Crippen molar-refractivity contribution in [3.8, 4) is 5.75 Å². The number of ether oxygens (including phenoxy) is 1. The van der Waals surface area contributed by atoms with E-state index in [9.17, 15) is 13.6 Å². The highest BCUT2D eigenvalue weighted by Gasteiger charge is 2.21. The first-order valence-corrected chi connectivity index (χ1v) is 9.83. The van der Waals surface area contributed by atoms with Gasteiger partial charge >= 0.3 is 0 Å². The number of pyridine rings is 1. The molecular formula is C22H23F2N5O2. The van der Waals surface area contributed by atoms with Crippen molar-refractivity contribution in [2.45, 2.75) is 0 Å². The van der Waals surface area contributed by atoms with E-state index in [4.69, 9.17) is 10.5 Å². The first-order chi connectivity index (χ1) is 14.9. The van der Waals surface area contributed by atoms with E-state index < -0.39 is 17.5 Å². The van der Waals surface area contributed by atoms with Crippen molar-refractivity contribution in [2.24, 2.45) is 5.73 Å². The number of aromatic nitrogens is 1. The number of halogens is 2. The van der Waals surface area contributed by atoms with Crippen LogP contribution in [0.1, 0.15) is 10.4 Å². The van der Waals surface area contributed by atoms with Crippen LogP contribution in [-0.2, 0) is 0 Å². The molecular weight excluding hydrogens is 404 g/mol. The Morgan fingerprint density at radius 2 is 1.87 bits per heavy atom. The van der Waals surface area contributed by atoms with Crippen LogP contribution < -0.4 is 20.7 Å². The number of hydrogen-bond acceptors (Lipinski definition) is 6. The SMILES string of the molecule is COc1cc2ncc(C(N)=O)c(Nc3ccc(F)c(F)c3)c2cc1N1CCN(C)CC1. The highest BCUT2D eigenvalue weighted by molar-refractivity contribution is 6.08. The van der Waals surface area contributed by atoms with Crippen molar-refractivity contribution >= 4 is 33.9 Å². The molecule has 0 unspecified atom stereocenters. The Balaban J connectivity index is 1.87. The number of piperazine rings is 1. The molecule has 0 aliphatic carbocycles. The molecule has 1 fully saturated rings. The van der Waals surface area contributed by atoms with Gasteiger partial charge in [0.1, 0.15) is 5.75 Å². The maximum atomic E-state index is 13.7. The summed E-state index contributed by atoms with van der Waals surface area (Å²) in [6.07, 6.45) is 1.36. The summed E-state index contributed by atoms with van der Waals surface area (Å²) in [6, 6.07) is 7.12. The molecule has 0 bridgehead atoms. The van der Waals surface area contributed by atoms with Gasteiger partial charge in [-0.1, -0.05) is 0 Å². The van der Waals surface area contributed by atoms with E-state index in [1.165, 1.54) is 12.3 Å². The summed E-state index contributed by atoms with van der Waals surface area (Å²) < 4.78 is 32.7. The Morgan fingerprint density at radius 3 is 2.52 bits per heavy atom. The second-order valence-corrected chi connectivity index (χ2v) is 7.50. The van der Waals surface area contributed by atoms with Gasteiger partial charge in [0.25, 0.3) is 5.91 Å². The highest BCUT2D eigenvalue weighted by Crippen LogP contribution is 2.38. The minimum Gasteiger partial charge on any atom is -0.495 e. The molecule has 2 aromatic carbocycles. The van der Waals surface area contributed by atoms with E-state index in [1.807, 2.05) is 6.07 Å². The van der Waals surface area contributed by atoms with Gasteiger partial charge in [0.2, 0.25) is 0 Å². The van der Waals surface area contributed by atoms with E-state index in [0.29, 0.717) is 22.3 Å². The standard InChI is InChI=1S/C22H23F2N5O2/c1-28-5-7-29(8-6-28)19-10-14-18(11-20(19)31-2)26-12-15(22(25)30)21(14)27-13-3-4-16(23)17(24)9-13/h3-4,9-12H,5-8H2,1-2H3,(H2,25,30)(H,26,27). The number of hydrogen-bond donors (Lipinski definition) is 2. The molecule has 7 nitrogen and oxygen atoms in total. The lowest BCUT2D eigenvalue weighted by atomic mass is 10.1. The number of benzene rings is 2. The molecule has 31 heavy (non-hydrogen) atoms. The van der Waals surface area contributed by atoms with Gasteiger partial charge in [-0.05, 0) is 25.2 Å². The number of rotatable bonds is 5. The Bertz CT molecular complexity index is 1150. The molecule has 1 aromatic heterocycles. The van der Waals surface area contributed by atoms with Crippen molar-refractivity contribution in [3.05, 3.63) is 53.7 Å². The summed E-state index contributed by atoms with van der Waals surface area (Å²) in [5.41, 5.74) is 7.81. The van der Waals surface area contributed by atoms with Crippen molar-refractivity contribution in [1.29, 1.82) is 0 Å². The smallest absolute Gasteiger partial charge is 0.252 e. The molecule has 0 spiro atoms. The Morgan fingerprint density at radius 1 is 1.13 bits per heavy atom. The molecule has 1 aliphatic rings. The van der Waals surface area contributed by atoms with E-state index in [0.717, 1.165) is 44.0 Å². The monoisotopic (exact) mass is 427 g/mol. The Hall–Kier alpha value is -3.46. The third-order valence-electron chi connectivity index (χ3n) is 5.47. The van der Waals surface area contributed by atoms with Crippen LogP contribution in [0.3, 0.4) is 0 Å². The molecule has 9 heteroatoms. The quantitative estimate of drug-likeness (QED) is 0.651. The summed E-state index contributed by atoms with van der Waals surface area (Å²) in [4.78, 5) is 20.9. The number of methoxy groups -OCH3 is 1. The predicted octanol–water partition coefficient (Wildman–Crippen LogP) is 3.12. The van der Waals surface area contributed by atoms with E-state index >= 15 is 0 Å². The summed E-state index contributed by atoms with van der Waals surface area (Å²) in [5.74, 6) is -1.97. The van der Waals surface area contributed by atoms with Crippen molar-refractivity contribution in [3.63, 3.8) is 0 Å².